The summed E-state index contributed by atoms with van der Waals surface area (Å²) in [4.78, 5) is 35.1. The van der Waals surface area contributed by atoms with Gasteiger partial charge in [0.2, 0.25) is 5.91 Å². The normalized spacial score (nSPS) is 15.9. The van der Waals surface area contributed by atoms with Crippen LogP contribution in [0, 0.1) is 13.8 Å². The first-order valence-corrected chi connectivity index (χ1v) is 7.31. The standard InChI is InChI=1S/C16H19N3O4/c1-9-4-5-10(2)13(8-9)19-14(20)7-6-12(18-19)15(21)17-11(3)16(22)23/h4-5,8,11H,6-7H2,1-3H3,(H,17,21)(H,22,23)/t11-/m1/s1. The molecule has 0 spiro atoms. The van der Waals surface area contributed by atoms with Crippen LogP contribution in [0.3, 0.4) is 0 Å². The Labute approximate surface area is 134 Å². The van der Waals surface area contributed by atoms with Gasteiger partial charge in [-0.3, -0.25) is 14.4 Å². The number of rotatable bonds is 4. The molecule has 7 heteroatoms. The quantitative estimate of drug-likeness (QED) is 0.876. The molecule has 122 valence electrons. The highest BCUT2D eigenvalue weighted by molar-refractivity contribution is 6.40. The minimum Gasteiger partial charge on any atom is -0.480 e. The van der Waals surface area contributed by atoms with Crippen molar-refractivity contribution in [3.63, 3.8) is 0 Å². The highest BCUT2D eigenvalue weighted by atomic mass is 16.4. The summed E-state index contributed by atoms with van der Waals surface area (Å²) in [6.45, 7) is 5.14. The highest BCUT2D eigenvalue weighted by Crippen LogP contribution is 2.25. The van der Waals surface area contributed by atoms with E-state index in [0.29, 0.717) is 5.69 Å². The molecule has 7 nitrogen and oxygen atoms in total. The lowest BCUT2D eigenvalue weighted by atomic mass is 10.1. The minimum atomic E-state index is -1.13. The van der Waals surface area contributed by atoms with Gasteiger partial charge in [-0.2, -0.15) is 5.10 Å². The van der Waals surface area contributed by atoms with E-state index in [-0.39, 0.29) is 24.5 Å². The van der Waals surface area contributed by atoms with Crippen LogP contribution in [0.15, 0.2) is 23.3 Å². The number of benzene rings is 1. The van der Waals surface area contributed by atoms with Crippen molar-refractivity contribution < 1.29 is 19.5 Å². The van der Waals surface area contributed by atoms with Gasteiger partial charge in [0, 0.05) is 12.8 Å². The Morgan fingerprint density at radius 3 is 2.65 bits per heavy atom. The molecule has 0 aliphatic carbocycles. The summed E-state index contributed by atoms with van der Waals surface area (Å²) in [5, 5.41) is 16.6. The zero-order valence-corrected chi connectivity index (χ0v) is 13.3. The smallest absolute Gasteiger partial charge is 0.325 e. The third-order valence-electron chi connectivity index (χ3n) is 3.61. The number of nitrogens with zero attached hydrogens (tertiary/aromatic N) is 2. The van der Waals surface area contributed by atoms with Crippen molar-refractivity contribution in [2.24, 2.45) is 5.10 Å². The van der Waals surface area contributed by atoms with E-state index in [1.165, 1.54) is 11.9 Å². The summed E-state index contributed by atoms with van der Waals surface area (Å²) in [6.07, 6.45) is 0.347. The Hall–Kier alpha value is -2.70. The van der Waals surface area contributed by atoms with E-state index in [1.807, 2.05) is 32.0 Å². The maximum Gasteiger partial charge on any atom is 0.325 e. The molecule has 0 bridgehead atoms. The largest absolute Gasteiger partial charge is 0.480 e. The number of carbonyl (C=O) groups is 3. The van der Waals surface area contributed by atoms with Crippen LogP contribution in [-0.2, 0) is 14.4 Å². The molecule has 2 amide bonds. The number of carboxylic acid groups (broad SMARTS) is 1. The number of carbonyl (C=O) groups excluding carboxylic acids is 2. The van der Waals surface area contributed by atoms with Crippen LogP contribution in [0.5, 0.6) is 0 Å². The number of carboxylic acids is 1. The van der Waals surface area contributed by atoms with Crippen molar-refractivity contribution in [2.45, 2.75) is 39.7 Å². The van der Waals surface area contributed by atoms with Crippen LogP contribution in [0.1, 0.15) is 30.9 Å². The van der Waals surface area contributed by atoms with E-state index in [4.69, 9.17) is 5.11 Å². The second kappa shape index (κ2) is 6.60. The highest BCUT2D eigenvalue weighted by Gasteiger charge is 2.27. The Morgan fingerprint density at radius 2 is 2.00 bits per heavy atom. The van der Waals surface area contributed by atoms with E-state index >= 15 is 0 Å². The molecule has 1 heterocycles. The van der Waals surface area contributed by atoms with Crippen LogP contribution in [0.25, 0.3) is 0 Å². The average Bonchev–Trinajstić information content (AvgIpc) is 2.50. The molecule has 1 aliphatic heterocycles. The monoisotopic (exact) mass is 317 g/mol. The third kappa shape index (κ3) is 3.74. The number of nitrogens with one attached hydrogen (secondary N) is 1. The maximum absolute atomic E-state index is 12.1. The number of hydrogen-bond donors (Lipinski definition) is 2. The Bertz CT molecular complexity index is 697. The first-order chi connectivity index (χ1) is 10.8. The van der Waals surface area contributed by atoms with Crippen molar-refractivity contribution >= 4 is 29.2 Å². The minimum absolute atomic E-state index is 0.151. The summed E-state index contributed by atoms with van der Waals surface area (Å²) in [5.74, 6) is -1.89. The molecule has 2 rings (SSSR count). The zero-order chi connectivity index (χ0) is 17.1. The van der Waals surface area contributed by atoms with Gasteiger partial charge in [-0.25, -0.2) is 5.01 Å². The fourth-order valence-corrected chi connectivity index (χ4v) is 2.19. The van der Waals surface area contributed by atoms with Gasteiger partial charge in [0.25, 0.3) is 5.91 Å². The van der Waals surface area contributed by atoms with Crippen molar-refractivity contribution in [1.29, 1.82) is 0 Å². The molecule has 2 N–H and O–H groups in total. The zero-order valence-electron chi connectivity index (χ0n) is 13.3. The van der Waals surface area contributed by atoms with Crippen LogP contribution in [0.2, 0.25) is 0 Å². The molecule has 1 aromatic rings. The lowest BCUT2D eigenvalue weighted by Crippen LogP contribution is -2.44. The van der Waals surface area contributed by atoms with E-state index in [0.717, 1.165) is 11.1 Å². The predicted molar refractivity (Wildman–Crippen MR) is 85.3 cm³/mol. The van der Waals surface area contributed by atoms with Gasteiger partial charge in [-0.05, 0) is 38.0 Å². The van der Waals surface area contributed by atoms with E-state index in [9.17, 15) is 14.4 Å². The molecule has 0 aromatic heterocycles. The second-order valence-electron chi connectivity index (χ2n) is 5.58. The van der Waals surface area contributed by atoms with Crippen molar-refractivity contribution in [2.75, 3.05) is 5.01 Å². The van der Waals surface area contributed by atoms with Crippen molar-refractivity contribution in [3.05, 3.63) is 29.3 Å². The summed E-state index contributed by atoms with van der Waals surface area (Å²) in [5.41, 5.74) is 2.63. The van der Waals surface area contributed by atoms with Crippen molar-refractivity contribution in [1.82, 2.24) is 5.32 Å². The van der Waals surface area contributed by atoms with Crippen LogP contribution in [-0.4, -0.2) is 34.6 Å². The van der Waals surface area contributed by atoms with E-state index < -0.39 is 17.9 Å². The molecular weight excluding hydrogens is 298 g/mol. The molecule has 0 saturated carbocycles. The van der Waals surface area contributed by atoms with E-state index in [1.54, 1.807) is 0 Å². The van der Waals surface area contributed by atoms with Crippen molar-refractivity contribution in [3.8, 4) is 0 Å². The second-order valence-corrected chi connectivity index (χ2v) is 5.58. The number of hydrogen-bond acceptors (Lipinski definition) is 4. The molecule has 1 aliphatic rings. The lowest BCUT2D eigenvalue weighted by Gasteiger charge is -2.25. The first-order valence-electron chi connectivity index (χ1n) is 7.31. The fraction of sp³-hybridized carbons (Fsp3) is 0.375. The van der Waals surface area contributed by atoms with Gasteiger partial charge in [-0.1, -0.05) is 12.1 Å². The predicted octanol–water partition coefficient (Wildman–Crippen LogP) is 1.38. The summed E-state index contributed by atoms with van der Waals surface area (Å²) >= 11 is 0. The molecule has 1 aromatic carbocycles. The lowest BCUT2D eigenvalue weighted by molar-refractivity contribution is -0.140. The number of aliphatic carboxylic acids is 1. The molecule has 1 atom stereocenters. The average molecular weight is 317 g/mol. The van der Waals surface area contributed by atoms with Gasteiger partial charge in [-0.15, -0.1) is 0 Å². The van der Waals surface area contributed by atoms with Crippen LogP contribution >= 0.6 is 0 Å². The number of aryl methyl sites for hydroxylation is 2. The topological polar surface area (TPSA) is 99.1 Å². The van der Waals surface area contributed by atoms with Gasteiger partial charge in [0.15, 0.2) is 0 Å². The Kier molecular flexibility index (Phi) is 4.78. The van der Waals surface area contributed by atoms with Gasteiger partial charge < -0.3 is 10.4 Å². The van der Waals surface area contributed by atoms with Gasteiger partial charge >= 0.3 is 5.97 Å². The molecule has 23 heavy (non-hydrogen) atoms. The Morgan fingerprint density at radius 1 is 1.30 bits per heavy atom. The van der Waals surface area contributed by atoms with Gasteiger partial charge in [0.1, 0.15) is 11.8 Å². The fourth-order valence-electron chi connectivity index (χ4n) is 2.19. The third-order valence-corrected chi connectivity index (χ3v) is 3.61. The SMILES string of the molecule is Cc1ccc(C)c(N2N=C(C(=O)N[C@H](C)C(=O)O)CCC2=O)c1. The van der Waals surface area contributed by atoms with Gasteiger partial charge in [0.05, 0.1) is 5.69 Å². The molecule has 0 radical (unpaired) electrons. The molecule has 0 fully saturated rings. The number of anilines is 1. The number of hydrazone groups is 1. The molecule has 0 saturated heterocycles. The maximum atomic E-state index is 12.1. The van der Waals surface area contributed by atoms with Crippen LogP contribution < -0.4 is 10.3 Å². The number of amides is 2. The van der Waals surface area contributed by atoms with E-state index in [2.05, 4.69) is 10.4 Å². The molecule has 0 unspecified atom stereocenters. The summed E-state index contributed by atoms with van der Waals surface area (Å²) in [7, 11) is 0. The summed E-state index contributed by atoms with van der Waals surface area (Å²) in [6, 6.07) is 4.63. The molecular formula is C16H19N3O4. The summed E-state index contributed by atoms with van der Waals surface area (Å²) < 4.78 is 0. The Balaban J connectivity index is 2.29. The van der Waals surface area contributed by atoms with Crippen LogP contribution in [0.4, 0.5) is 5.69 Å². The first kappa shape index (κ1) is 16.7.